The van der Waals surface area contributed by atoms with Crippen molar-refractivity contribution >= 4 is 22.1 Å². The fraction of sp³-hybridized carbons (Fsp3) is 0.655. The summed E-state index contributed by atoms with van der Waals surface area (Å²) in [5.41, 5.74) is 8.04. The van der Waals surface area contributed by atoms with Gasteiger partial charge < -0.3 is 25.8 Å². The zero-order chi connectivity index (χ0) is 30.3. The number of nitrogens with zero attached hydrogens (tertiary/aromatic N) is 1. The maximum absolute atomic E-state index is 13.4. The number of nitrogens with two attached hydrogens (primary N) is 1. The second kappa shape index (κ2) is 13.7. The number of hydrogen-bond donors (Lipinski definition) is 4. The number of amides is 1. The van der Waals surface area contributed by atoms with Crippen molar-refractivity contribution in [1.29, 1.82) is 0 Å². The third kappa shape index (κ3) is 9.69. The summed E-state index contributed by atoms with van der Waals surface area (Å²) in [5, 5.41) is 6.26. The van der Waals surface area contributed by atoms with Crippen LogP contribution in [0.1, 0.15) is 82.6 Å². The number of carbonyl (C=O) groups is 1. The summed E-state index contributed by atoms with van der Waals surface area (Å²) >= 11 is 0. The summed E-state index contributed by atoms with van der Waals surface area (Å²) in [4.78, 5) is 16.8. The van der Waals surface area contributed by atoms with E-state index in [9.17, 15) is 13.2 Å². The Balaban J connectivity index is 2.04. The van der Waals surface area contributed by atoms with Crippen molar-refractivity contribution in [2.45, 2.75) is 110 Å². The normalized spacial score (nSPS) is 15.7. The molecule has 1 aliphatic heterocycles. The molecule has 5 N–H and O–H groups in total. The Morgan fingerprint density at radius 3 is 2.50 bits per heavy atom. The van der Waals surface area contributed by atoms with Crippen LogP contribution in [0.4, 0.5) is 4.79 Å². The van der Waals surface area contributed by atoms with E-state index in [-0.39, 0.29) is 16.9 Å². The van der Waals surface area contributed by atoms with E-state index in [4.69, 9.17) is 15.2 Å². The van der Waals surface area contributed by atoms with Crippen LogP contribution in [0.3, 0.4) is 0 Å². The van der Waals surface area contributed by atoms with Crippen molar-refractivity contribution in [3.8, 4) is 5.75 Å². The van der Waals surface area contributed by atoms with Gasteiger partial charge in [0.25, 0.3) is 10.0 Å². The molecule has 0 spiro atoms. The average molecular weight is 580 g/mol. The Bertz CT molecular complexity index is 1200. The van der Waals surface area contributed by atoms with Crippen molar-refractivity contribution in [3.05, 3.63) is 34.9 Å². The lowest BCUT2D eigenvalue weighted by atomic mass is 9.94. The Hall–Kier alpha value is -2.79. The molecule has 0 fully saturated rings. The third-order valence-electron chi connectivity index (χ3n) is 6.67. The van der Waals surface area contributed by atoms with E-state index in [1.165, 1.54) is 0 Å². The molecule has 0 saturated heterocycles. The summed E-state index contributed by atoms with van der Waals surface area (Å²) in [6.07, 6.45) is 5.08. The van der Waals surface area contributed by atoms with E-state index >= 15 is 0 Å². The molecule has 2 rings (SSSR count). The minimum atomic E-state index is -3.96. The van der Waals surface area contributed by atoms with Crippen molar-refractivity contribution < 1.29 is 22.7 Å². The van der Waals surface area contributed by atoms with Crippen LogP contribution < -0.4 is 25.8 Å². The predicted octanol–water partition coefficient (Wildman–Crippen LogP) is 4.15. The molecule has 40 heavy (non-hydrogen) atoms. The number of ether oxygens (including phenoxy) is 2. The zero-order valence-corrected chi connectivity index (χ0v) is 26.3. The van der Waals surface area contributed by atoms with E-state index in [1.807, 2.05) is 47.6 Å². The molecule has 1 atom stereocenters. The molecule has 1 aromatic rings. The van der Waals surface area contributed by atoms with Gasteiger partial charge in [0.2, 0.25) is 5.96 Å². The van der Waals surface area contributed by atoms with Crippen molar-refractivity contribution in [2.24, 2.45) is 10.7 Å². The van der Waals surface area contributed by atoms with E-state index in [2.05, 4.69) is 26.9 Å². The Labute approximate surface area is 240 Å². The molecule has 1 aliphatic rings. The summed E-state index contributed by atoms with van der Waals surface area (Å²) in [6, 6.07) is -0.183. The summed E-state index contributed by atoms with van der Waals surface area (Å²) in [5.74, 6) is 0.595. The summed E-state index contributed by atoms with van der Waals surface area (Å²) in [7, 11) is -3.96. The van der Waals surface area contributed by atoms with Crippen LogP contribution >= 0.6 is 0 Å². The Kier molecular flexibility index (Phi) is 11.5. The van der Waals surface area contributed by atoms with E-state index in [0.717, 1.165) is 36.3 Å². The van der Waals surface area contributed by atoms with Crippen molar-refractivity contribution in [3.63, 3.8) is 0 Å². The minimum Gasteiger partial charge on any atom is -0.487 e. The largest absolute Gasteiger partial charge is 0.487 e. The van der Waals surface area contributed by atoms with Crippen LogP contribution in [-0.4, -0.2) is 57.3 Å². The molecule has 0 aliphatic carbocycles. The van der Waals surface area contributed by atoms with Crippen LogP contribution in [0.2, 0.25) is 0 Å². The maximum Gasteiger partial charge on any atom is 0.407 e. The van der Waals surface area contributed by atoms with Gasteiger partial charge in [0.05, 0.1) is 4.90 Å². The average Bonchev–Trinajstić information content (AvgIpc) is 3.14. The highest BCUT2D eigenvalue weighted by Gasteiger charge is 2.36. The number of allylic oxidation sites excluding steroid dienone is 1. The second-order valence-electron chi connectivity index (χ2n) is 12.0. The monoisotopic (exact) mass is 579 g/mol. The van der Waals surface area contributed by atoms with Gasteiger partial charge in [-0.2, -0.15) is 0 Å². The van der Waals surface area contributed by atoms with Gasteiger partial charge in [0, 0.05) is 31.1 Å². The molecule has 1 aromatic carbocycles. The number of nitrogens with one attached hydrogen (secondary N) is 3. The van der Waals surface area contributed by atoms with E-state index < -0.39 is 27.3 Å². The topological polar surface area (TPSA) is 144 Å². The molecule has 11 heteroatoms. The fourth-order valence-corrected chi connectivity index (χ4v) is 6.28. The predicted molar refractivity (Wildman–Crippen MR) is 161 cm³/mol. The first-order valence-corrected chi connectivity index (χ1v) is 15.4. The molecule has 0 aromatic heterocycles. The number of hydrogen-bond acceptors (Lipinski definition) is 7. The van der Waals surface area contributed by atoms with E-state index in [0.29, 0.717) is 43.5 Å². The molecule has 226 valence electrons. The molecular weight excluding hydrogens is 530 g/mol. The number of aliphatic imine (C=N–C) groups is 1. The number of sulfonamides is 1. The van der Waals surface area contributed by atoms with Crippen molar-refractivity contribution in [2.75, 3.05) is 19.6 Å². The highest BCUT2D eigenvalue weighted by Crippen LogP contribution is 2.43. The fourth-order valence-electron chi connectivity index (χ4n) is 4.75. The lowest BCUT2D eigenvalue weighted by molar-refractivity contribution is 0.0501. The molecule has 10 nitrogen and oxygen atoms in total. The Morgan fingerprint density at radius 2 is 1.88 bits per heavy atom. The van der Waals surface area contributed by atoms with Gasteiger partial charge in [-0.25, -0.2) is 17.9 Å². The summed E-state index contributed by atoms with van der Waals surface area (Å²) in [6.45, 7) is 20.3. The van der Waals surface area contributed by atoms with Crippen LogP contribution in [0, 0.1) is 20.8 Å². The van der Waals surface area contributed by atoms with E-state index in [1.54, 1.807) is 13.8 Å². The number of guanidine groups is 1. The van der Waals surface area contributed by atoms with Gasteiger partial charge in [0.15, 0.2) is 0 Å². The molecule has 0 saturated carbocycles. The standard InChI is InChI=1S/C29H49N5O5S/c1-10-11-12-15-31-18-22(33-27(35)39-28(5,6)7)14-13-16-32-26(30)34-40(36,37)25-20(3)19(2)24-23(21(25)4)17-29(8,9)38-24/h10,22,31H,1,11-18H2,2-9H3,(H,33,35)(H3,30,32,34). The van der Waals surface area contributed by atoms with Gasteiger partial charge >= 0.3 is 6.09 Å². The number of benzene rings is 1. The minimum absolute atomic E-state index is 0.173. The smallest absolute Gasteiger partial charge is 0.407 e. The molecule has 0 bridgehead atoms. The number of alkyl carbamates (subject to hydrolysis) is 1. The first-order valence-electron chi connectivity index (χ1n) is 13.9. The number of carbonyl (C=O) groups excluding carboxylic acids is 1. The number of fused-ring (bicyclic) bond motifs is 1. The SMILES string of the molecule is C=CCCCNCC(CCCN=C(N)NS(=O)(=O)c1c(C)c(C)c2c(c1C)CC(C)(C)O2)NC(=O)OC(C)(C)C. The second-order valence-corrected chi connectivity index (χ2v) is 13.7. The molecule has 1 heterocycles. The van der Waals surface area contributed by atoms with Gasteiger partial charge in [-0.3, -0.25) is 4.99 Å². The van der Waals surface area contributed by atoms with Crippen LogP contribution in [0.5, 0.6) is 5.75 Å². The lowest BCUT2D eigenvalue weighted by Crippen LogP contribution is -2.44. The highest BCUT2D eigenvalue weighted by molar-refractivity contribution is 7.90. The molecule has 1 amide bonds. The van der Waals surface area contributed by atoms with Crippen molar-refractivity contribution in [1.82, 2.24) is 15.4 Å². The van der Waals surface area contributed by atoms with Crippen LogP contribution in [0.25, 0.3) is 0 Å². The maximum atomic E-state index is 13.4. The molecule has 0 radical (unpaired) electrons. The quantitative estimate of drug-likeness (QED) is 0.119. The molecular formula is C29H49N5O5S. The van der Waals surface area contributed by atoms with Gasteiger partial charge in [-0.1, -0.05) is 6.08 Å². The summed E-state index contributed by atoms with van der Waals surface area (Å²) < 4.78 is 40.7. The van der Waals surface area contributed by atoms with Crippen LogP contribution in [-0.2, 0) is 21.2 Å². The molecule has 1 unspecified atom stereocenters. The van der Waals surface area contributed by atoms with Gasteiger partial charge in [0.1, 0.15) is 17.0 Å². The number of unbranched alkanes of at least 4 members (excludes halogenated alkanes) is 1. The van der Waals surface area contributed by atoms with Crippen LogP contribution in [0.15, 0.2) is 22.5 Å². The highest BCUT2D eigenvalue weighted by atomic mass is 32.2. The van der Waals surface area contributed by atoms with Gasteiger partial charge in [-0.15, -0.1) is 6.58 Å². The zero-order valence-electron chi connectivity index (χ0n) is 25.5. The first kappa shape index (κ1) is 33.4. The third-order valence-corrected chi connectivity index (χ3v) is 8.29. The number of rotatable bonds is 13. The Morgan fingerprint density at radius 1 is 1.20 bits per heavy atom. The first-order chi connectivity index (χ1) is 18.5. The lowest BCUT2D eigenvalue weighted by Gasteiger charge is -2.24. The van der Waals surface area contributed by atoms with Gasteiger partial charge in [-0.05, 0) is 104 Å².